The van der Waals surface area contributed by atoms with Crippen LogP contribution in [0.25, 0.3) is 0 Å². The largest absolute Gasteiger partial charge is 0.358 e. The number of hydrogen-bond acceptors (Lipinski definition) is 5. The van der Waals surface area contributed by atoms with Gasteiger partial charge in [-0.25, -0.2) is 0 Å². The standard InChI is InChI=1S/C12H20N4O3S/c1-3-4-14-9(17)5-8-6-10(18)16-12(15-8)20-7-11(19)13-2/h3,8,12,15H,1,4-7H2,2H3,(H,13,19)(H,14,17)(H,16,18). The van der Waals surface area contributed by atoms with Gasteiger partial charge in [0.25, 0.3) is 0 Å². The minimum absolute atomic E-state index is 0.114. The van der Waals surface area contributed by atoms with E-state index < -0.39 is 0 Å². The van der Waals surface area contributed by atoms with Gasteiger partial charge in [0.1, 0.15) is 5.50 Å². The third-order valence-corrected chi connectivity index (χ3v) is 3.66. The number of rotatable bonds is 7. The van der Waals surface area contributed by atoms with Gasteiger partial charge in [0.2, 0.25) is 17.7 Å². The topological polar surface area (TPSA) is 99.3 Å². The van der Waals surface area contributed by atoms with E-state index in [1.165, 1.54) is 11.8 Å². The van der Waals surface area contributed by atoms with Crippen molar-refractivity contribution < 1.29 is 14.4 Å². The van der Waals surface area contributed by atoms with Crippen LogP contribution in [0.5, 0.6) is 0 Å². The lowest BCUT2D eigenvalue weighted by Crippen LogP contribution is -2.56. The van der Waals surface area contributed by atoms with Crippen molar-refractivity contribution >= 4 is 29.5 Å². The van der Waals surface area contributed by atoms with Gasteiger partial charge >= 0.3 is 0 Å². The summed E-state index contributed by atoms with van der Waals surface area (Å²) in [4.78, 5) is 34.3. The van der Waals surface area contributed by atoms with Crippen LogP contribution >= 0.6 is 11.8 Å². The molecule has 1 fully saturated rings. The van der Waals surface area contributed by atoms with E-state index in [2.05, 4.69) is 27.8 Å². The Morgan fingerprint density at radius 3 is 2.90 bits per heavy atom. The van der Waals surface area contributed by atoms with E-state index in [0.29, 0.717) is 6.54 Å². The lowest BCUT2D eigenvalue weighted by molar-refractivity contribution is -0.125. The summed E-state index contributed by atoms with van der Waals surface area (Å²) in [5.41, 5.74) is -0.356. The van der Waals surface area contributed by atoms with Gasteiger partial charge in [-0.1, -0.05) is 6.08 Å². The van der Waals surface area contributed by atoms with Gasteiger partial charge in [-0.2, -0.15) is 0 Å². The molecule has 1 saturated heterocycles. The second-order valence-electron chi connectivity index (χ2n) is 4.30. The number of thioether (sulfide) groups is 1. The molecule has 4 N–H and O–H groups in total. The van der Waals surface area contributed by atoms with Crippen molar-refractivity contribution in [3.05, 3.63) is 12.7 Å². The van der Waals surface area contributed by atoms with E-state index in [4.69, 9.17) is 0 Å². The van der Waals surface area contributed by atoms with Crippen molar-refractivity contribution in [1.29, 1.82) is 0 Å². The Morgan fingerprint density at radius 2 is 2.25 bits per heavy atom. The Bertz CT molecular complexity index is 389. The third kappa shape index (κ3) is 6.07. The quantitative estimate of drug-likeness (QED) is 0.448. The monoisotopic (exact) mass is 300 g/mol. The SMILES string of the molecule is C=CCNC(=O)CC1CC(=O)NC(SCC(=O)NC)N1. The number of carbonyl (C=O) groups is 3. The normalized spacial score (nSPS) is 21.8. The first-order valence-electron chi connectivity index (χ1n) is 6.30. The minimum atomic E-state index is -0.356. The van der Waals surface area contributed by atoms with E-state index in [9.17, 15) is 14.4 Å². The fourth-order valence-corrected chi connectivity index (χ4v) is 2.64. The molecule has 0 aromatic rings. The Kier molecular flexibility index (Phi) is 7.10. The zero-order valence-corrected chi connectivity index (χ0v) is 12.2. The fourth-order valence-electron chi connectivity index (χ4n) is 1.68. The van der Waals surface area contributed by atoms with Crippen LogP contribution in [0.4, 0.5) is 0 Å². The number of nitrogens with one attached hydrogen (secondary N) is 4. The molecule has 0 bridgehead atoms. The summed E-state index contributed by atoms with van der Waals surface area (Å²) in [5.74, 6) is -0.132. The van der Waals surface area contributed by atoms with Crippen LogP contribution in [0.15, 0.2) is 12.7 Å². The van der Waals surface area contributed by atoms with Gasteiger partial charge in [0.15, 0.2) is 0 Å². The molecule has 20 heavy (non-hydrogen) atoms. The lowest BCUT2D eigenvalue weighted by Gasteiger charge is -2.30. The van der Waals surface area contributed by atoms with E-state index in [1.54, 1.807) is 13.1 Å². The van der Waals surface area contributed by atoms with Crippen LogP contribution in [-0.4, -0.2) is 48.6 Å². The maximum absolute atomic E-state index is 11.6. The molecule has 1 aliphatic rings. The second-order valence-corrected chi connectivity index (χ2v) is 5.39. The maximum atomic E-state index is 11.6. The summed E-state index contributed by atoms with van der Waals surface area (Å²) in [6, 6.07) is -0.226. The van der Waals surface area contributed by atoms with Crippen molar-refractivity contribution in [2.24, 2.45) is 0 Å². The van der Waals surface area contributed by atoms with Gasteiger partial charge < -0.3 is 16.0 Å². The molecular formula is C12H20N4O3S. The van der Waals surface area contributed by atoms with Gasteiger partial charge in [0.05, 0.1) is 5.75 Å². The Hall–Kier alpha value is -1.54. The molecular weight excluding hydrogens is 280 g/mol. The van der Waals surface area contributed by atoms with Crippen molar-refractivity contribution in [1.82, 2.24) is 21.3 Å². The molecule has 7 nitrogen and oxygen atoms in total. The number of amides is 3. The van der Waals surface area contributed by atoms with Crippen molar-refractivity contribution in [2.75, 3.05) is 19.3 Å². The van der Waals surface area contributed by atoms with Crippen LogP contribution < -0.4 is 21.3 Å². The summed E-state index contributed by atoms with van der Waals surface area (Å²) in [7, 11) is 1.56. The molecule has 8 heteroatoms. The molecule has 3 amide bonds. The van der Waals surface area contributed by atoms with Gasteiger partial charge in [-0.15, -0.1) is 18.3 Å². The van der Waals surface area contributed by atoms with Crippen LogP contribution in [0.2, 0.25) is 0 Å². The Morgan fingerprint density at radius 1 is 1.50 bits per heavy atom. The van der Waals surface area contributed by atoms with Crippen LogP contribution in [-0.2, 0) is 14.4 Å². The smallest absolute Gasteiger partial charge is 0.229 e. The first-order valence-corrected chi connectivity index (χ1v) is 7.35. The molecule has 1 aliphatic heterocycles. The van der Waals surface area contributed by atoms with Gasteiger partial charge in [-0.3, -0.25) is 19.7 Å². The maximum Gasteiger partial charge on any atom is 0.229 e. The predicted molar refractivity (Wildman–Crippen MR) is 77.8 cm³/mol. The number of carbonyl (C=O) groups excluding carboxylic acids is 3. The molecule has 2 atom stereocenters. The second kappa shape index (κ2) is 8.60. The molecule has 112 valence electrons. The molecule has 1 heterocycles. The summed E-state index contributed by atoms with van der Waals surface area (Å²) < 4.78 is 0. The van der Waals surface area contributed by atoms with E-state index in [1.807, 2.05) is 0 Å². The van der Waals surface area contributed by atoms with Gasteiger partial charge in [-0.05, 0) is 0 Å². The molecule has 2 unspecified atom stereocenters. The Balaban J connectivity index is 2.40. The van der Waals surface area contributed by atoms with Crippen LogP contribution in [0, 0.1) is 0 Å². The average molecular weight is 300 g/mol. The van der Waals surface area contributed by atoms with E-state index >= 15 is 0 Å². The predicted octanol–water partition coefficient (Wildman–Crippen LogP) is -1.08. The van der Waals surface area contributed by atoms with Crippen LogP contribution in [0.3, 0.4) is 0 Å². The molecule has 0 aromatic carbocycles. The fraction of sp³-hybridized carbons (Fsp3) is 0.583. The summed E-state index contributed by atoms with van der Waals surface area (Å²) >= 11 is 1.28. The van der Waals surface area contributed by atoms with E-state index in [-0.39, 0.29) is 47.9 Å². The Labute approximate surface area is 122 Å². The van der Waals surface area contributed by atoms with Gasteiger partial charge in [0, 0.05) is 32.5 Å². The van der Waals surface area contributed by atoms with Crippen molar-refractivity contribution in [2.45, 2.75) is 24.4 Å². The highest BCUT2D eigenvalue weighted by atomic mass is 32.2. The van der Waals surface area contributed by atoms with Crippen LogP contribution in [0.1, 0.15) is 12.8 Å². The third-order valence-electron chi connectivity index (χ3n) is 2.65. The van der Waals surface area contributed by atoms with Crippen molar-refractivity contribution in [3.63, 3.8) is 0 Å². The molecule has 0 spiro atoms. The highest BCUT2D eigenvalue weighted by Crippen LogP contribution is 2.13. The molecule has 0 aliphatic carbocycles. The average Bonchev–Trinajstić information content (AvgIpc) is 2.41. The first-order chi connectivity index (χ1) is 9.55. The minimum Gasteiger partial charge on any atom is -0.358 e. The highest BCUT2D eigenvalue weighted by molar-refractivity contribution is 8.00. The van der Waals surface area contributed by atoms with E-state index in [0.717, 1.165) is 0 Å². The highest BCUT2D eigenvalue weighted by Gasteiger charge is 2.27. The summed E-state index contributed by atoms with van der Waals surface area (Å²) in [6.45, 7) is 3.93. The molecule has 1 rings (SSSR count). The van der Waals surface area contributed by atoms with Crippen molar-refractivity contribution in [3.8, 4) is 0 Å². The number of hydrogen-bond donors (Lipinski definition) is 4. The first kappa shape index (κ1) is 16.5. The zero-order chi connectivity index (χ0) is 15.0. The lowest BCUT2D eigenvalue weighted by atomic mass is 10.1. The summed E-state index contributed by atoms with van der Waals surface area (Å²) in [6.07, 6.45) is 2.07. The molecule has 0 aromatic heterocycles. The summed E-state index contributed by atoms with van der Waals surface area (Å²) in [5, 5.41) is 11.0. The molecule has 0 radical (unpaired) electrons. The zero-order valence-electron chi connectivity index (χ0n) is 11.4. The molecule has 0 saturated carbocycles.